The summed E-state index contributed by atoms with van der Waals surface area (Å²) in [5.41, 5.74) is -0.613. The van der Waals surface area contributed by atoms with Crippen LogP contribution in [0.5, 0.6) is 0 Å². The average Bonchev–Trinajstić information content (AvgIpc) is 3.47. The van der Waals surface area contributed by atoms with Crippen molar-refractivity contribution in [2.45, 2.75) is 50.7 Å². The molecule has 3 aliphatic rings. The fourth-order valence-electron chi connectivity index (χ4n) is 5.49. The van der Waals surface area contributed by atoms with Crippen LogP contribution < -0.4 is 0 Å². The number of oxime groups is 1. The number of aromatic nitrogens is 4. The van der Waals surface area contributed by atoms with Gasteiger partial charge in [-0.3, -0.25) is 9.36 Å². The lowest BCUT2D eigenvalue weighted by molar-refractivity contribution is -0.255. The van der Waals surface area contributed by atoms with E-state index in [1.807, 2.05) is 0 Å². The average molecular weight is 446 g/mol. The van der Waals surface area contributed by atoms with Crippen LogP contribution in [0.2, 0.25) is 5.15 Å². The van der Waals surface area contributed by atoms with Gasteiger partial charge in [0, 0.05) is 24.9 Å². The zero-order valence-corrected chi connectivity index (χ0v) is 17.8. The molecular formula is C21H24ClN5O4. The third kappa shape index (κ3) is 3.26. The molecule has 3 heterocycles. The minimum atomic E-state index is -0.876. The van der Waals surface area contributed by atoms with E-state index in [-0.39, 0.29) is 22.5 Å². The number of ketones is 1. The van der Waals surface area contributed by atoms with Gasteiger partial charge in [0.25, 0.3) is 0 Å². The maximum atomic E-state index is 14.0. The lowest BCUT2D eigenvalue weighted by Gasteiger charge is -2.52. The Kier molecular flexibility index (Phi) is 5.27. The van der Waals surface area contributed by atoms with Gasteiger partial charge in [0.05, 0.1) is 24.5 Å². The molecule has 31 heavy (non-hydrogen) atoms. The SMILES string of the molecule is O=C1[C@H](/C(=N\O)c2nc(Cl)cc(-n3ccnc3)n2)CCC[C@@]12CCCCC21OCCO1. The van der Waals surface area contributed by atoms with Crippen molar-refractivity contribution in [1.29, 1.82) is 0 Å². The molecule has 0 radical (unpaired) electrons. The van der Waals surface area contributed by atoms with E-state index in [0.29, 0.717) is 44.7 Å². The summed E-state index contributed by atoms with van der Waals surface area (Å²) < 4.78 is 13.9. The number of carbonyl (C=O) groups excluding carboxylic acids is 1. The predicted molar refractivity (Wildman–Crippen MR) is 110 cm³/mol. The van der Waals surface area contributed by atoms with Crippen LogP contribution >= 0.6 is 11.6 Å². The minimum absolute atomic E-state index is 0.0130. The van der Waals surface area contributed by atoms with Crippen LogP contribution in [0.15, 0.2) is 29.9 Å². The molecule has 164 valence electrons. The van der Waals surface area contributed by atoms with E-state index in [1.165, 1.54) is 0 Å². The first kappa shape index (κ1) is 20.5. The van der Waals surface area contributed by atoms with E-state index in [1.54, 1.807) is 29.4 Å². The first-order valence-electron chi connectivity index (χ1n) is 10.7. The number of fused-ring (bicyclic) bond motifs is 1. The fourth-order valence-corrected chi connectivity index (χ4v) is 5.67. The fraction of sp³-hybridized carbons (Fsp3) is 0.571. The molecule has 3 fully saturated rings. The Hall–Kier alpha value is -2.36. The third-order valence-corrected chi connectivity index (χ3v) is 7.04. The van der Waals surface area contributed by atoms with Gasteiger partial charge in [-0.1, -0.05) is 29.6 Å². The van der Waals surface area contributed by atoms with Crippen LogP contribution in [0.3, 0.4) is 0 Å². The molecule has 1 saturated heterocycles. The molecule has 10 heteroatoms. The molecule has 0 bridgehead atoms. The molecule has 9 nitrogen and oxygen atoms in total. The van der Waals surface area contributed by atoms with Crippen molar-refractivity contribution < 1.29 is 19.5 Å². The molecule has 1 aliphatic heterocycles. The topological polar surface area (TPSA) is 112 Å². The largest absolute Gasteiger partial charge is 0.411 e. The first-order chi connectivity index (χ1) is 15.1. The summed E-state index contributed by atoms with van der Waals surface area (Å²) in [6, 6.07) is 1.59. The van der Waals surface area contributed by atoms with Gasteiger partial charge in [0.15, 0.2) is 17.4 Å². The Morgan fingerprint density at radius 3 is 2.71 bits per heavy atom. The quantitative estimate of drug-likeness (QED) is 0.334. The van der Waals surface area contributed by atoms with Crippen LogP contribution in [-0.2, 0) is 14.3 Å². The zero-order chi connectivity index (χ0) is 21.5. The van der Waals surface area contributed by atoms with Crippen LogP contribution in [-0.4, -0.2) is 55.2 Å². The van der Waals surface area contributed by atoms with Crippen molar-refractivity contribution in [2.24, 2.45) is 16.5 Å². The zero-order valence-electron chi connectivity index (χ0n) is 17.0. The van der Waals surface area contributed by atoms with Crippen molar-refractivity contribution in [3.05, 3.63) is 35.8 Å². The number of halogens is 1. The van der Waals surface area contributed by atoms with Crippen LogP contribution in [0.1, 0.15) is 50.8 Å². The number of rotatable bonds is 3. The molecule has 2 spiro atoms. The molecular weight excluding hydrogens is 422 g/mol. The number of carbonyl (C=O) groups is 1. The highest BCUT2D eigenvalue weighted by atomic mass is 35.5. The lowest BCUT2D eigenvalue weighted by Crippen LogP contribution is -2.60. The Balaban J connectivity index is 1.53. The Morgan fingerprint density at radius 1 is 1.19 bits per heavy atom. The summed E-state index contributed by atoms with van der Waals surface area (Å²) in [6.07, 6.45) is 10.3. The van der Waals surface area contributed by atoms with Gasteiger partial charge >= 0.3 is 0 Å². The summed E-state index contributed by atoms with van der Waals surface area (Å²) in [4.78, 5) is 26.8. The minimum Gasteiger partial charge on any atom is -0.411 e. The van der Waals surface area contributed by atoms with Gasteiger partial charge in [-0.15, -0.1) is 0 Å². The van der Waals surface area contributed by atoms with Gasteiger partial charge < -0.3 is 14.7 Å². The molecule has 2 aromatic rings. The lowest BCUT2D eigenvalue weighted by atomic mass is 9.57. The van der Waals surface area contributed by atoms with Crippen molar-refractivity contribution in [1.82, 2.24) is 19.5 Å². The third-order valence-electron chi connectivity index (χ3n) is 6.84. The second-order valence-corrected chi connectivity index (χ2v) is 8.76. The molecule has 1 N–H and O–H groups in total. The molecule has 2 aromatic heterocycles. The van der Waals surface area contributed by atoms with Gasteiger partial charge in [0.1, 0.15) is 23.0 Å². The second kappa shape index (κ2) is 7.96. The summed E-state index contributed by atoms with van der Waals surface area (Å²) in [6.45, 7) is 0.985. The number of imidazole rings is 1. The summed E-state index contributed by atoms with van der Waals surface area (Å²) >= 11 is 6.24. The highest BCUT2D eigenvalue weighted by Gasteiger charge is 2.63. The van der Waals surface area contributed by atoms with E-state index in [4.69, 9.17) is 21.1 Å². The van der Waals surface area contributed by atoms with Gasteiger partial charge in [0.2, 0.25) is 0 Å². The summed E-state index contributed by atoms with van der Waals surface area (Å²) in [5, 5.41) is 13.6. The van der Waals surface area contributed by atoms with Crippen molar-refractivity contribution >= 4 is 23.1 Å². The Morgan fingerprint density at radius 2 is 1.97 bits per heavy atom. The maximum absolute atomic E-state index is 14.0. The van der Waals surface area contributed by atoms with Crippen LogP contribution in [0.25, 0.3) is 5.82 Å². The highest BCUT2D eigenvalue weighted by Crippen LogP contribution is 2.56. The van der Waals surface area contributed by atoms with Crippen molar-refractivity contribution in [2.75, 3.05) is 13.2 Å². The number of nitrogens with zero attached hydrogens (tertiary/aromatic N) is 5. The molecule has 2 saturated carbocycles. The Labute approximate surface area is 184 Å². The number of hydrogen-bond donors (Lipinski definition) is 1. The number of hydrogen-bond acceptors (Lipinski definition) is 8. The Bertz CT molecular complexity index is 1000. The van der Waals surface area contributed by atoms with E-state index in [9.17, 15) is 10.0 Å². The van der Waals surface area contributed by atoms with E-state index >= 15 is 0 Å². The first-order valence-corrected chi connectivity index (χ1v) is 11.0. The summed E-state index contributed by atoms with van der Waals surface area (Å²) in [5.74, 6) is -0.939. The predicted octanol–water partition coefficient (Wildman–Crippen LogP) is 3.17. The van der Waals surface area contributed by atoms with Gasteiger partial charge in [-0.05, 0) is 25.7 Å². The molecule has 0 aromatic carbocycles. The van der Waals surface area contributed by atoms with E-state index < -0.39 is 17.1 Å². The number of Topliss-reactive ketones (excluding diaryl/α,β-unsaturated/α-hetero) is 1. The monoisotopic (exact) mass is 445 g/mol. The second-order valence-electron chi connectivity index (χ2n) is 8.38. The molecule has 0 unspecified atom stereocenters. The van der Waals surface area contributed by atoms with Crippen LogP contribution in [0.4, 0.5) is 0 Å². The van der Waals surface area contributed by atoms with Crippen molar-refractivity contribution in [3.8, 4) is 5.82 Å². The van der Waals surface area contributed by atoms with E-state index in [2.05, 4.69) is 20.1 Å². The molecule has 5 rings (SSSR count). The molecule has 2 atom stereocenters. The number of ether oxygens (including phenoxy) is 2. The summed E-state index contributed by atoms with van der Waals surface area (Å²) in [7, 11) is 0. The molecule has 0 amide bonds. The van der Waals surface area contributed by atoms with Gasteiger partial charge in [-0.25, -0.2) is 15.0 Å². The highest BCUT2D eigenvalue weighted by molar-refractivity contribution is 6.29. The smallest absolute Gasteiger partial charge is 0.181 e. The normalized spacial score (nSPS) is 28.5. The van der Waals surface area contributed by atoms with E-state index in [0.717, 1.165) is 19.3 Å². The van der Waals surface area contributed by atoms with Crippen molar-refractivity contribution in [3.63, 3.8) is 0 Å². The maximum Gasteiger partial charge on any atom is 0.181 e. The van der Waals surface area contributed by atoms with Crippen LogP contribution in [0, 0.1) is 11.3 Å². The standard InChI is InChI=1S/C21H24ClN5O4/c22-15-12-16(27-9-8-23-13-27)25-19(24-15)17(26-29)14-4-3-6-20(18(14)28)5-1-2-7-21(20)30-10-11-31-21/h8-9,12-14,29H,1-7,10-11H2/b26-17+/t14-,20-/m0/s1. The molecule has 2 aliphatic carbocycles. The van der Waals surface area contributed by atoms with Gasteiger partial charge in [-0.2, -0.15) is 0 Å².